The number of amides is 1. The van der Waals surface area contributed by atoms with Gasteiger partial charge in [-0.1, -0.05) is 54.6 Å². The van der Waals surface area contributed by atoms with E-state index >= 15 is 0 Å². The van der Waals surface area contributed by atoms with Gasteiger partial charge in [-0.3, -0.25) is 9.89 Å². The van der Waals surface area contributed by atoms with E-state index in [2.05, 4.69) is 32.9 Å². The molecule has 0 saturated carbocycles. The normalized spacial score (nSPS) is 11.3. The molecule has 3 rings (SSSR count). The Bertz CT molecular complexity index is 864. The van der Waals surface area contributed by atoms with Gasteiger partial charge < -0.3 is 0 Å². The first-order chi connectivity index (χ1) is 11.6. The van der Waals surface area contributed by atoms with Gasteiger partial charge >= 0.3 is 0 Å². The highest BCUT2D eigenvalue weighted by Crippen LogP contribution is 2.19. The molecule has 0 bridgehead atoms. The van der Waals surface area contributed by atoms with Crippen LogP contribution in [0.5, 0.6) is 0 Å². The molecule has 0 spiro atoms. The average Bonchev–Trinajstić information content (AvgIpc) is 3.07. The summed E-state index contributed by atoms with van der Waals surface area (Å²) in [6.45, 7) is 3.69. The van der Waals surface area contributed by atoms with Crippen LogP contribution in [0, 0.1) is 6.92 Å². The minimum Gasteiger partial charge on any atom is -0.282 e. The van der Waals surface area contributed by atoms with Crippen LogP contribution in [0.2, 0.25) is 0 Å². The maximum atomic E-state index is 11.9. The number of carbonyl (C=O) groups is 1. The first-order valence-electron chi connectivity index (χ1n) is 7.66. The van der Waals surface area contributed by atoms with E-state index in [0.29, 0.717) is 5.69 Å². The van der Waals surface area contributed by atoms with Crippen LogP contribution >= 0.6 is 0 Å². The van der Waals surface area contributed by atoms with Gasteiger partial charge in [-0.15, -0.1) is 0 Å². The van der Waals surface area contributed by atoms with Crippen molar-refractivity contribution in [2.75, 3.05) is 0 Å². The number of benzene rings is 2. The number of nitrogens with zero attached hydrogens (tertiary/aromatic N) is 2. The Kier molecular flexibility index (Phi) is 4.52. The standard InChI is InChI=1S/C19H18N4O/c1-13-12-18(22-20-13)19(24)23-21-14(2)15-8-10-17(11-9-15)16-6-4-3-5-7-16/h3-12H,1-2H3,(H,20,22)(H,23,24)/b21-14-. The molecule has 5 nitrogen and oxygen atoms in total. The minimum atomic E-state index is -0.334. The number of hydrogen-bond acceptors (Lipinski definition) is 3. The number of nitrogens with one attached hydrogen (secondary N) is 2. The Morgan fingerprint density at radius 2 is 1.71 bits per heavy atom. The summed E-state index contributed by atoms with van der Waals surface area (Å²) in [5.41, 5.74) is 7.67. The second-order valence-electron chi connectivity index (χ2n) is 5.52. The summed E-state index contributed by atoms with van der Waals surface area (Å²) in [5.74, 6) is -0.334. The zero-order valence-corrected chi connectivity index (χ0v) is 13.6. The number of carbonyl (C=O) groups excluding carboxylic acids is 1. The molecule has 2 aromatic carbocycles. The second-order valence-corrected chi connectivity index (χ2v) is 5.52. The fourth-order valence-corrected chi connectivity index (χ4v) is 2.33. The molecule has 0 aliphatic heterocycles. The van der Waals surface area contributed by atoms with Crippen molar-refractivity contribution in [1.29, 1.82) is 0 Å². The van der Waals surface area contributed by atoms with Gasteiger partial charge in [0.15, 0.2) is 5.69 Å². The van der Waals surface area contributed by atoms with Crippen LogP contribution in [0.1, 0.15) is 28.7 Å². The predicted octanol–water partition coefficient (Wildman–Crippen LogP) is 3.54. The van der Waals surface area contributed by atoms with Gasteiger partial charge in [0.2, 0.25) is 0 Å². The van der Waals surface area contributed by atoms with Crippen LogP contribution in [-0.4, -0.2) is 21.8 Å². The number of H-pyrrole nitrogens is 1. The Balaban J connectivity index is 1.70. The number of aryl methyl sites for hydroxylation is 1. The fraction of sp³-hybridized carbons (Fsp3) is 0.105. The second kappa shape index (κ2) is 6.91. The molecule has 1 aromatic heterocycles. The third-order valence-electron chi connectivity index (χ3n) is 3.67. The van der Waals surface area contributed by atoms with Crippen LogP contribution in [-0.2, 0) is 0 Å². The number of aromatic nitrogens is 2. The summed E-state index contributed by atoms with van der Waals surface area (Å²) < 4.78 is 0. The van der Waals surface area contributed by atoms with E-state index in [0.717, 1.165) is 22.5 Å². The fourth-order valence-electron chi connectivity index (χ4n) is 2.33. The molecule has 0 saturated heterocycles. The predicted molar refractivity (Wildman–Crippen MR) is 94.9 cm³/mol. The van der Waals surface area contributed by atoms with E-state index in [-0.39, 0.29) is 5.91 Å². The van der Waals surface area contributed by atoms with Crippen molar-refractivity contribution in [2.45, 2.75) is 13.8 Å². The third kappa shape index (κ3) is 3.57. The summed E-state index contributed by atoms with van der Waals surface area (Å²) in [6, 6.07) is 19.9. The highest BCUT2D eigenvalue weighted by atomic mass is 16.2. The average molecular weight is 318 g/mol. The van der Waals surface area contributed by atoms with Crippen molar-refractivity contribution in [3.05, 3.63) is 77.6 Å². The molecule has 120 valence electrons. The van der Waals surface area contributed by atoms with Crippen LogP contribution in [0.3, 0.4) is 0 Å². The molecule has 3 aromatic rings. The van der Waals surface area contributed by atoms with E-state index in [1.165, 1.54) is 5.56 Å². The SMILES string of the molecule is C/C(=N/NC(=O)c1cc(C)[nH]n1)c1ccc(-c2ccccc2)cc1. The number of rotatable bonds is 4. The Hall–Kier alpha value is -3.21. The third-order valence-corrected chi connectivity index (χ3v) is 3.67. The molecule has 0 atom stereocenters. The number of hydrazone groups is 1. The Labute approximate surface area is 140 Å². The maximum Gasteiger partial charge on any atom is 0.291 e. The molecule has 0 aliphatic rings. The molecule has 2 N–H and O–H groups in total. The summed E-state index contributed by atoms with van der Waals surface area (Å²) in [5, 5.41) is 10.8. The first-order valence-corrected chi connectivity index (χ1v) is 7.66. The van der Waals surface area contributed by atoms with Gasteiger partial charge in [0.25, 0.3) is 5.91 Å². The van der Waals surface area contributed by atoms with E-state index in [4.69, 9.17) is 0 Å². The van der Waals surface area contributed by atoms with Crippen LogP contribution in [0.4, 0.5) is 0 Å². The lowest BCUT2D eigenvalue weighted by molar-refractivity contribution is 0.0950. The molecule has 0 fully saturated rings. The summed E-state index contributed by atoms with van der Waals surface area (Å²) >= 11 is 0. The minimum absolute atomic E-state index is 0.323. The zero-order valence-electron chi connectivity index (χ0n) is 13.6. The quantitative estimate of drug-likeness (QED) is 0.570. The number of aromatic amines is 1. The Morgan fingerprint density at radius 3 is 2.33 bits per heavy atom. The smallest absolute Gasteiger partial charge is 0.282 e. The lowest BCUT2D eigenvalue weighted by Crippen LogP contribution is -2.19. The van der Waals surface area contributed by atoms with E-state index in [1.54, 1.807) is 6.07 Å². The first kappa shape index (κ1) is 15.7. The molecule has 5 heteroatoms. The van der Waals surface area contributed by atoms with E-state index in [1.807, 2.05) is 56.3 Å². The van der Waals surface area contributed by atoms with Crippen LogP contribution < -0.4 is 5.43 Å². The monoisotopic (exact) mass is 318 g/mol. The lowest BCUT2D eigenvalue weighted by Gasteiger charge is -2.05. The van der Waals surface area contributed by atoms with Gasteiger partial charge in [0.1, 0.15) is 0 Å². The van der Waals surface area contributed by atoms with Gasteiger partial charge in [0.05, 0.1) is 5.71 Å². The Morgan fingerprint density at radius 1 is 1.04 bits per heavy atom. The van der Waals surface area contributed by atoms with Crippen molar-refractivity contribution in [3.63, 3.8) is 0 Å². The number of hydrogen-bond donors (Lipinski definition) is 2. The largest absolute Gasteiger partial charge is 0.291 e. The van der Waals surface area contributed by atoms with Gasteiger partial charge in [-0.05, 0) is 36.6 Å². The molecule has 0 aliphatic carbocycles. The molecule has 0 unspecified atom stereocenters. The molecule has 1 heterocycles. The van der Waals surface area contributed by atoms with E-state index in [9.17, 15) is 4.79 Å². The van der Waals surface area contributed by atoms with Crippen molar-refractivity contribution in [2.24, 2.45) is 5.10 Å². The summed E-state index contributed by atoms with van der Waals surface area (Å²) in [4.78, 5) is 11.9. The maximum absolute atomic E-state index is 11.9. The molecular weight excluding hydrogens is 300 g/mol. The topological polar surface area (TPSA) is 70.1 Å². The van der Waals surface area contributed by atoms with Crippen molar-refractivity contribution in [3.8, 4) is 11.1 Å². The highest BCUT2D eigenvalue weighted by Gasteiger charge is 2.08. The van der Waals surface area contributed by atoms with Crippen molar-refractivity contribution in [1.82, 2.24) is 15.6 Å². The summed E-state index contributed by atoms with van der Waals surface area (Å²) in [7, 11) is 0. The highest BCUT2D eigenvalue weighted by molar-refractivity contribution is 6.00. The van der Waals surface area contributed by atoms with Crippen molar-refractivity contribution >= 4 is 11.6 Å². The molecule has 24 heavy (non-hydrogen) atoms. The van der Waals surface area contributed by atoms with Gasteiger partial charge in [0, 0.05) is 5.69 Å². The summed E-state index contributed by atoms with van der Waals surface area (Å²) in [6.07, 6.45) is 0. The van der Waals surface area contributed by atoms with Crippen molar-refractivity contribution < 1.29 is 4.79 Å². The zero-order chi connectivity index (χ0) is 16.9. The molecule has 1 amide bonds. The molecular formula is C19H18N4O. The lowest BCUT2D eigenvalue weighted by atomic mass is 10.0. The van der Waals surface area contributed by atoms with Gasteiger partial charge in [-0.2, -0.15) is 10.2 Å². The van der Waals surface area contributed by atoms with Crippen LogP contribution in [0.15, 0.2) is 65.8 Å². The van der Waals surface area contributed by atoms with Gasteiger partial charge in [-0.25, -0.2) is 5.43 Å². The van der Waals surface area contributed by atoms with Crippen LogP contribution in [0.25, 0.3) is 11.1 Å². The molecule has 0 radical (unpaired) electrons. The van der Waals surface area contributed by atoms with E-state index < -0.39 is 0 Å².